The number of hydrogen-bond donors (Lipinski definition) is 0. The lowest BCUT2D eigenvalue weighted by atomic mass is 10.2. The summed E-state index contributed by atoms with van der Waals surface area (Å²) in [4.78, 5) is 0. The minimum atomic E-state index is -0.662. The fourth-order valence-corrected chi connectivity index (χ4v) is 1.68. The van der Waals surface area contributed by atoms with E-state index >= 15 is 0 Å². The maximum atomic E-state index is 13.3. The Morgan fingerprint density at radius 2 is 1.95 bits per heavy atom. The molecule has 96 valence electrons. The van der Waals surface area contributed by atoms with Crippen LogP contribution < -0.4 is 4.74 Å². The number of rotatable bonds is 3. The molecule has 2 aromatic carbocycles. The van der Waals surface area contributed by atoms with Crippen molar-refractivity contribution in [1.29, 1.82) is 5.26 Å². The summed E-state index contributed by atoms with van der Waals surface area (Å²) in [6.07, 6.45) is 0. The fraction of sp³-hybridized carbons (Fsp3) is 0.0714. The molecule has 0 radical (unpaired) electrons. The van der Waals surface area contributed by atoms with Crippen LogP contribution in [0.1, 0.15) is 11.1 Å². The summed E-state index contributed by atoms with van der Waals surface area (Å²) >= 11 is 5.77. The Bertz CT molecular complexity index is 652. The smallest absolute Gasteiger partial charge is 0.144 e. The van der Waals surface area contributed by atoms with Crippen molar-refractivity contribution in [3.8, 4) is 11.8 Å². The molecular weight excluding hydrogens is 272 g/mol. The molecule has 0 bridgehead atoms. The zero-order valence-corrected chi connectivity index (χ0v) is 10.4. The fourth-order valence-electron chi connectivity index (χ4n) is 1.50. The third-order valence-electron chi connectivity index (χ3n) is 2.49. The summed E-state index contributed by atoms with van der Waals surface area (Å²) in [7, 11) is 0. The van der Waals surface area contributed by atoms with Crippen molar-refractivity contribution in [2.24, 2.45) is 0 Å². The highest BCUT2D eigenvalue weighted by atomic mass is 35.5. The molecule has 5 heteroatoms. The Morgan fingerprint density at radius 3 is 2.63 bits per heavy atom. The van der Waals surface area contributed by atoms with Gasteiger partial charge in [-0.2, -0.15) is 5.26 Å². The first kappa shape index (κ1) is 13.3. The number of ether oxygens (including phenoxy) is 1. The van der Waals surface area contributed by atoms with Gasteiger partial charge in [0.15, 0.2) is 0 Å². The topological polar surface area (TPSA) is 33.0 Å². The molecule has 19 heavy (non-hydrogen) atoms. The largest absolute Gasteiger partial charge is 0.489 e. The van der Waals surface area contributed by atoms with Gasteiger partial charge in [0.05, 0.1) is 10.6 Å². The van der Waals surface area contributed by atoms with Crippen LogP contribution in [-0.4, -0.2) is 0 Å². The van der Waals surface area contributed by atoms with E-state index in [2.05, 4.69) is 0 Å². The summed E-state index contributed by atoms with van der Waals surface area (Å²) in [5, 5.41) is 8.58. The van der Waals surface area contributed by atoms with E-state index in [0.717, 1.165) is 6.07 Å². The van der Waals surface area contributed by atoms with Crippen LogP contribution in [0.5, 0.6) is 5.75 Å². The van der Waals surface area contributed by atoms with Crippen molar-refractivity contribution in [3.05, 3.63) is 64.2 Å². The van der Waals surface area contributed by atoms with Gasteiger partial charge in [0.1, 0.15) is 30.1 Å². The quantitative estimate of drug-likeness (QED) is 0.848. The molecular formula is C14H8ClF2NO. The van der Waals surface area contributed by atoms with Crippen molar-refractivity contribution in [2.75, 3.05) is 0 Å². The second kappa shape index (κ2) is 5.68. The number of halogens is 3. The molecule has 2 aromatic rings. The summed E-state index contributed by atoms with van der Waals surface area (Å²) in [6, 6.07) is 9.97. The predicted molar refractivity (Wildman–Crippen MR) is 66.9 cm³/mol. The lowest BCUT2D eigenvalue weighted by Gasteiger charge is -2.08. The van der Waals surface area contributed by atoms with Crippen LogP contribution >= 0.6 is 11.6 Å². The first-order valence-electron chi connectivity index (χ1n) is 5.37. The molecule has 2 rings (SSSR count). The Morgan fingerprint density at radius 1 is 1.16 bits per heavy atom. The van der Waals surface area contributed by atoms with E-state index < -0.39 is 11.6 Å². The highest BCUT2D eigenvalue weighted by Gasteiger charge is 2.07. The third kappa shape index (κ3) is 3.01. The third-order valence-corrected chi connectivity index (χ3v) is 2.91. The van der Waals surface area contributed by atoms with E-state index in [1.165, 1.54) is 24.3 Å². The molecule has 0 heterocycles. The zero-order valence-electron chi connectivity index (χ0n) is 9.66. The van der Waals surface area contributed by atoms with Gasteiger partial charge in [0.25, 0.3) is 0 Å². The van der Waals surface area contributed by atoms with E-state index in [-0.39, 0.29) is 22.9 Å². The summed E-state index contributed by atoms with van der Waals surface area (Å²) in [6.45, 7) is 0.0158. The van der Waals surface area contributed by atoms with E-state index in [9.17, 15) is 8.78 Å². The second-order valence-electron chi connectivity index (χ2n) is 3.76. The van der Waals surface area contributed by atoms with Crippen LogP contribution in [0, 0.1) is 23.0 Å². The first-order chi connectivity index (χ1) is 9.11. The average molecular weight is 280 g/mol. The van der Waals surface area contributed by atoms with Crippen LogP contribution in [-0.2, 0) is 6.61 Å². The molecule has 0 aliphatic rings. The number of hydrogen-bond acceptors (Lipinski definition) is 2. The molecule has 0 aromatic heterocycles. The molecule has 0 saturated heterocycles. The average Bonchev–Trinajstić information content (AvgIpc) is 2.40. The van der Waals surface area contributed by atoms with Gasteiger partial charge in [-0.25, -0.2) is 8.78 Å². The monoisotopic (exact) mass is 279 g/mol. The van der Waals surface area contributed by atoms with Crippen molar-refractivity contribution >= 4 is 11.6 Å². The Hall–Kier alpha value is -2.12. The van der Waals surface area contributed by atoms with E-state index in [0.29, 0.717) is 5.56 Å². The molecule has 0 unspecified atom stereocenters. The Balaban J connectivity index is 2.13. The van der Waals surface area contributed by atoms with E-state index in [4.69, 9.17) is 21.6 Å². The minimum Gasteiger partial charge on any atom is -0.489 e. The standard InChI is InChI=1S/C14H8ClF2NO/c15-14-10(2-1-3-12(14)16)8-19-11-5-4-9(7-18)13(17)6-11/h1-6H,8H2. The van der Waals surface area contributed by atoms with Gasteiger partial charge in [-0.1, -0.05) is 23.7 Å². The lowest BCUT2D eigenvalue weighted by molar-refractivity contribution is 0.304. The van der Waals surface area contributed by atoms with Crippen LogP contribution in [0.4, 0.5) is 8.78 Å². The normalized spacial score (nSPS) is 10.0. The Labute approximate surface area is 113 Å². The summed E-state index contributed by atoms with van der Waals surface area (Å²) in [5.41, 5.74) is 0.405. The van der Waals surface area contributed by atoms with Gasteiger partial charge in [0, 0.05) is 11.6 Å². The number of nitrogens with zero attached hydrogens (tertiary/aromatic N) is 1. The van der Waals surface area contributed by atoms with E-state index in [1.807, 2.05) is 0 Å². The van der Waals surface area contributed by atoms with Gasteiger partial charge in [0.2, 0.25) is 0 Å². The van der Waals surface area contributed by atoms with E-state index in [1.54, 1.807) is 12.1 Å². The maximum Gasteiger partial charge on any atom is 0.144 e. The zero-order chi connectivity index (χ0) is 13.8. The van der Waals surface area contributed by atoms with Crippen LogP contribution in [0.15, 0.2) is 36.4 Å². The summed E-state index contributed by atoms with van der Waals surface area (Å²) in [5.74, 6) is -0.948. The highest BCUT2D eigenvalue weighted by Crippen LogP contribution is 2.22. The maximum absolute atomic E-state index is 13.3. The Kier molecular flexibility index (Phi) is 3.98. The molecule has 0 aliphatic heterocycles. The SMILES string of the molecule is N#Cc1ccc(OCc2cccc(F)c2Cl)cc1F. The predicted octanol–water partition coefficient (Wildman–Crippen LogP) is 4.07. The van der Waals surface area contributed by atoms with Crippen molar-refractivity contribution in [3.63, 3.8) is 0 Å². The second-order valence-corrected chi connectivity index (χ2v) is 4.13. The molecule has 0 amide bonds. The number of benzene rings is 2. The van der Waals surface area contributed by atoms with Crippen molar-refractivity contribution in [2.45, 2.75) is 6.61 Å². The van der Waals surface area contributed by atoms with Gasteiger partial charge in [-0.3, -0.25) is 0 Å². The first-order valence-corrected chi connectivity index (χ1v) is 5.75. The van der Waals surface area contributed by atoms with Crippen LogP contribution in [0.25, 0.3) is 0 Å². The molecule has 0 N–H and O–H groups in total. The molecule has 0 fully saturated rings. The van der Waals surface area contributed by atoms with Gasteiger partial charge < -0.3 is 4.74 Å². The van der Waals surface area contributed by atoms with Crippen molar-refractivity contribution in [1.82, 2.24) is 0 Å². The molecule has 2 nitrogen and oxygen atoms in total. The molecule has 0 atom stereocenters. The molecule has 0 aliphatic carbocycles. The summed E-state index contributed by atoms with van der Waals surface area (Å²) < 4.78 is 31.8. The van der Waals surface area contributed by atoms with Gasteiger partial charge >= 0.3 is 0 Å². The van der Waals surface area contributed by atoms with Crippen LogP contribution in [0.3, 0.4) is 0 Å². The van der Waals surface area contributed by atoms with Gasteiger partial charge in [-0.05, 0) is 18.2 Å². The van der Waals surface area contributed by atoms with Crippen molar-refractivity contribution < 1.29 is 13.5 Å². The lowest BCUT2D eigenvalue weighted by Crippen LogP contribution is -1.98. The molecule has 0 saturated carbocycles. The minimum absolute atomic E-state index is 0.0158. The number of nitriles is 1. The molecule has 0 spiro atoms. The van der Waals surface area contributed by atoms with Crippen LogP contribution in [0.2, 0.25) is 5.02 Å². The highest BCUT2D eigenvalue weighted by molar-refractivity contribution is 6.31. The van der Waals surface area contributed by atoms with Gasteiger partial charge in [-0.15, -0.1) is 0 Å².